The van der Waals surface area contributed by atoms with Crippen molar-refractivity contribution in [3.05, 3.63) is 59.2 Å². The van der Waals surface area contributed by atoms with Crippen LogP contribution in [0.5, 0.6) is 0 Å². The molecule has 0 aliphatic heterocycles. The van der Waals surface area contributed by atoms with Crippen molar-refractivity contribution in [1.82, 2.24) is 0 Å². The molecule has 0 spiro atoms. The molecule has 0 aromatic heterocycles. The summed E-state index contributed by atoms with van der Waals surface area (Å²) in [6, 6.07) is 12.9. The minimum atomic E-state index is -3.58. The van der Waals surface area contributed by atoms with Gasteiger partial charge in [-0.3, -0.25) is 9.10 Å². The summed E-state index contributed by atoms with van der Waals surface area (Å²) in [5.74, 6) is -0.379. The van der Waals surface area contributed by atoms with E-state index >= 15 is 0 Å². The number of rotatable bonds is 6. The quantitative estimate of drug-likeness (QED) is 0.860. The zero-order chi connectivity index (χ0) is 18.6. The van der Waals surface area contributed by atoms with Gasteiger partial charge in [0.1, 0.15) is 6.54 Å². The zero-order valence-electron chi connectivity index (χ0n) is 15.0. The van der Waals surface area contributed by atoms with Gasteiger partial charge in [-0.1, -0.05) is 31.2 Å². The highest BCUT2D eigenvalue weighted by atomic mass is 32.2. The van der Waals surface area contributed by atoms with E-state index in [2.05, 4.69) is 12.2 Å². The minimum Gasteiger partial charge on any atom is -0.325 e. The molecule has 2 aromatic rings. The standard InChI is InChI=1S/C19H24N2O3S/c1-5-16-9-11-17(12-10-16)20-19(22)13-21(25(4,23)24)18-8-6-7-14(2)15(18)3/h6-12H,5,13H2,1-4H3,(H,20,22). The molecule has 0 atom stereocenters. The summed E-state index contributed by atoms with van der Waals surface area (Å²) in [6.07, 6.45) is 2.03. The summed E-state index contributed by atoms with van der Waals surface area (Å²) in [7, 11) is -3.58. The van der Waals surface area contributed by atoms with E-state index in [1.807, 2.05) is 44.2 Å². The van der Waals surface area contributed by atoms with Crippen molar-refractivity contribution < 1.29 is 13.2 Å². The van der Waals surface area contributed by atoms with Crippen molar-refractivity contribution in [3.63, 3.8) is 0 Å². The largest absolute Gasteiger partial charge is 0.325 e. The van der Waals surface area contributed by atoms with E-state index in [-0.39, 0.29) is 12.5 Å². The lowest BCUT2D eigenvalue weighted by Gasteiger charge is -2.24. The number of amides is 1. The molecule has 0 radical (unpaired) electrons. The van der Waals surface area contributed by atoms with Gasteiger partial charge in [0.05, 0.1) is 11.9 Å². The average molecular weight is 360 g/mol. The summed E-state index contributed by atoms with van der Waals surface area (Å²) >= 11 is 0. The Bertz CT molecular complexity index is 859. The number of nitrogens with one attached hydrogen (secondary N) is 1. The van der Waals surface area contributed by atoms with Crippen molar-refractivity contribution >= 4 is 27.3 Å². The van der Waals surface area contributed by atoms with Crippen molar-refractivity contribution in [2.24, 2.45) is 0 Å². The molecular weight excluding hydrogens is 336 g/mol. The summed E-state index contributed by atoms with van der Waals surface area (Å²) in [4.78, 5) is 12.4. The van der Waals surface area contributed by atoms with Gasteiger partial charge >= 0.3 is 0 Å². The van der Waals surface area contributed by atoms with Crippen LogP contribution in [-0.2, 0) is 21.2 Å². The molecule has 0 saturated heterocycles. The Hall–Kier alpha value is -2.34. The van der Waals surface area contributed by atoms with Crippen molar-refractivity contribution in [3.8, 4) is 0 Å². The lowest BCUT2D eigenvalue weighted by atomic mass is 10.1. The van der Waals surface area contributed by atoms with E-state index in [1.54, 1.807) is 12.1 Å². The van der Waals surface area contributed by atoms with Gasteiger partial charge in [0.25, 0.3) is 0 Å². The first-order valence-corrected chi connectivity index (χ1v) is 10.00. The predicted octanol–water partition coefficient (Wildman–Crippen LogP) is 3.27. The van der Waals surface area contributed by atoms with Crippen LogP contribution >= 0.6 is 0 Å². The first-order chi connectivity index (χ1) is 11.7. The first kappa shape index (κ1) is 19.0. The maximum atomic E-state index is 12.4. The molecule has 2 aromatic carbocycles. The van der Waals surface area contributed by atoms with Crippen molar-refractivity contribution in [2.45, 2.75) is 27.2 Å². The van der Waals surface area contributed by atoms with Crippen LogP contribution in [0.15, 0.2) is 42.5 Å². The van der Waals surface area contributed by atoms with Gasteiger partial charge in [0.15, 0.2) is 0 Å². The molecule has 5 nitrogen and oxygen atoms in total. The molecule has 0 aliphatic rings. The molecule has 0 aliphatic carbocycles. The second kappa shape index (κ2) is 7.70. The molecule has 1 amide bonds. The van der Waals surface area contributed by atoms with Crippen LogP contribution in [0, 0.1) is 13.8 Å². The summed E-state index contributed by atoms with van der Waals surface area (Å²) in [6.45, 7) is 5.55. The Labute approximate surface area is 149 Å². The summed E-state index contributed by atoms with van der Waals surface area (Å²) in [5, 5.41) is 2.75. The highest BCUT2D eigenvalue weighted by molar-refractivity contribution is 7.92. The number of aryl methyl sites for hydroxylation is 2. The minimum absolute atomic E-state index is 0.265. The van der Waals surface area contributed by atoms with Crippen molar-refractivity contribution in [1.29, 1.82) is 0 Å². The van der Waals surface area contributed by atoms with E-state index < -0.39 is 10.0 Å². The SMILES string of the molecule is CCc1ccc(NC(=O)CN(c2cccc(C)c2C)S(C)(=O)=O)cc1. The van der Waals surface area contributed by atoms with Crippen LogP contribution in [0.2, 0.25) is 0 Å². The monoisotopic (exact) mass is 360 g/mol. The number of carbonyl (C=O) groups excluding carboxylic acids is 1. The third-order valence-electron chi connectivity index (χ3n) is 4.18. The predicted molar refractivity (Wildman–Crippen MR) is 103 cm³/mol. The Morgan fingerprint density at radius 1 is 1.08 bits per heavy atom. The number of nitrogens with zero attached hydrogens (tertiary/aromatic N) is 1. The number of anilines is 2. The summed E-state index contributed by atoms with van der Waals surface area (Å²) < 4.78 is 25.6. The Kier molecular flexibility index (Phi) is 5.85. The highest BCUT2D eigenvalue weighted by Gasteiger charge is 2.22. The molecule has 25 heavy (non-hydrogen) atoms. The topological polar surface area (TPSA) is 66.5 Å². The molecule has 0 bridgehead atoms. The van der Waals surface area contributed by atoms with Gasteiger partial charge in [-0.25, -0.2) is 8.42 Å². The lowest BCUT2D eigenvalue weighted by molar-refractivity contribution is -0.114. The van der Waals surface area contributed by atoms with Gasteiger partial charge in [-0.05, 0) is 55.2 Å². The fraction of sp³-hybridized carbons (Fsp3) is 0.316. The Morgan fingerprint density at radius 2 is 1.72 bits per heavy atom. The Morgan fingerprint density at radius 3 is 2.28 bits per heavy atom. The second-order valence-electron chi connectivity index (χ2n) is 6.09. The van der Waals surface area contributed by atoms with Crippen LogP contribution < -0.4 is 9.62 Å². The van der Waals surface area contributed by atoms with Gasteiger partial charge < -0.3 is 5.32 Å². The van der Waals surface area contributed by atoms with Gasteiger partial charge in [-0.2, -0.15) is 0 Å². The van der Waals surface area contributed by atoms with E-state index in [1.165, 1.54) is 5.56 Å². The Balaban J connectivity index is 2.22. The van der Waals surface area contributed by atoms with Gasteiger partial charge in [-0.15, -0.1) is 0 Å². The second-order valence-corrected chi connectivity index (χ2v) is 7.99. The van der Waals surface area contributed by atoms with Crippen LogP contribution in [0.1, 0.15) is 23.6 Å². The molecule has 0 unspecified atom stereocenters. The number of sulfonamides is 1. The van der Waals surface area contributed by atoms with Crippen molar-refractivity contribution in [2.75, 3.05) is 22.4 Å². The van der Waals surface area contributed by atoms with Crippen LogP contribution in [0.25, 0.3) is 0 Å². The molecule has 6 heteroatoms. The third kappa shape index (κ3) is 4.82. The smallest absolute Gasteiger partial charge is 0.245 e. The summed E-state index contributed by atoms with van der Waals surface area (Å²) in [5.41, 5.74) is 4.16. The number of benzene rings is 2. The normalized spacial score (nSPS) is 11.2. The first-order valence-electron chi connectivity index (χ1n) is 8.15. The van der Waals surface area contributed by atoms with Gasteiger partial charge in [0.2, 0.25) is 15.9 Å². The molecular formula is C19H24N2O3S. The van der Waals surface area contributed by atoms with E-state index in [0.29, 0.717) is 11.4 Å². The van der Waals surface area contributed by atoms with E-state index in [4.69, 9.17) is 0 Å². The molecule has 0 fully saturated rings. The van der Waals surface area contributed by atoms with Crippen LogP contribution in [-0.4, -0.2) is 27.1 Å². The van der Waals surface area contributed by atoms with Gasteiger partial charge in [0, 0.05) is 5.69 Å². The lowest BCUT2D eigenvalue weighted by Crippen LogP contribution is -2.38. The third-order valence-corrected chi connectivity index (χ3v) is 5.30. The maximum Gasteiger partial charge on any atom is 0.245 e. The molecule has 2 rings (SSSR count). The maximum absolute atomic E-state index is 12.4. The number of carbonyl (C=O) groups is 1. The fourth-order valence-electron chi connectivity index (χ4n) is 2.54. The molecule has 0 saturated carbocycles. The number of hydrogen-bond acceptors (Lipinski definition) is 3. The van der Waals surface area contributed by atoms with E-state index in [0.717, 1.165) is 28.1 Å². The van der Waals surface area contributed by atoms with Crippen LogP contribution in [0.3, 0.4) is 0 Å². The fourth-order valence-corrected chi connectivity index (χ4v) is 3.45. The molecule has 1 N–H and O–H groups in total. The zero-order valence-corrected chi connectivity index (χ0v) is 15.9. The number of hydrogen-bond donors (Lipinski definition) is 1. The molecule has 134 valence electrons. The van der Waals surface area contributed by atoms with Crippen LogP contribution in [0.4, 0.5) is 11.4 Å². The average Bonchev–Trinajstić information content (AvgIpc) is 2.55. The highest BCUT2D eigenvalue weighted by Crippen LogP contribution is 2.25. The van der Waals surface area contributed by atoms with E-state index in [9.17, 15) is 13.2 Å². The molecule has 0 heterocycles.